The number of rotatable bonds is 59. The van der Waals surface area contributed by atoms with Crippen LogP contribution < -0.4 is 25.5 Å². The lowest BCUT2D eigenvalue weighted by molar-refractivity contribution is -0.0202. The zero-order valence-corrected chi connectivity index (χ0v) is 61.1. The summed E-state index contributed by atoms with van der Waals surface area (Å²) in [6.07, 6.45) is 63.6. The number of nitrogens with zero attached hydrogens (tertiary/aromatic N) is 2. The first-order valence-corrected chi connectivity index (χ1v) is 41.4. The summed E-state index contributed by atoms with van der Waals surface area (Å²) in [7, 11) is -2.18. The van der Waals surface area contributed by atoms with Crippen LogP contribution in [0.4, 0.5) is 0 Å². The van der Waals surface area contributed by atoms with Crippen molar-refractivity contribution in [1.29, 1.82) is 0 Å². The highest BCUT2D eigenvalue weighted by atomic mass is 28.4. The molecular formula is C78H142N2O8Si. The van der Waals surface area contributed by atoms with Crippen LogP contribution in [0.5, 0.6) is 17.2 Å². The second-order valence-electron chi connectivity index (χ2n) is 28.9. The molecule has 1 aliphatic rings. The van der Waals surface area contributed by atoms with Gasteiger partial charge in [-0.1, -0.05) is 337 Å². The van der Waals surface area contributed by atoms with Crippen molar-refractivity contribution in [2.24, 2.45) is 0 Å². The molecule has 0 saturated carbocycles. The average molecular weight is 1260 g/mol. The maximum absolute atomic E-state index is 15.0. The summed E-state index contributed by atoms with van der Waals surface area (Å²) in [5, 5.41) is -0.00874. The fourth-order valence-electron chi connectivity index (χ4n) is 12.7. The summed E-state index contributed by atoms with van der Waals surface area (Å²) < 4.78 is 35.8. The van der Waals surface area contributed by atoms with Crippen LogP contribution in [-0.4, -0.2) is 55.4 Å². The Morgan fingerprint density at radius 2 is 0.787 bits per heavy atom. The molecule has 0 N–H and O–H groups in total. The van der Waals surface area contributed by atoms with Gasteiger partial charge in [-0.2, -0.15) is 4.57 Å². The minimum atomic E-state index is -2.18. The van der Waals surface area contributed by atoms with Crippen LogP contribution in [0.2, 0.25) is 18.1 Å². The number of aryl methyl sites for hydroxylation is 1. The van der Waals surface area contributed by atoms with Crippen molar-refractivity contribution in [2.75, 3.05) is 19.8 Å². The molecule has 0 aliphatic carbocycles. The fraction of sp³-hybridized carbons (Fsp3) is 0.859. The van der Waals surface area contributed by atoms with Crippen LogP contribution in [0.1, 0.15) is 392 Å². The van der Waals surface area contributed by atoms with E-state index in [0.29, 0.717) is 49.9 Å². The number of hydrogen-bond donors (Lipinski definition) is 0. The van der Waals surface area contributed by atoms with Gasteiger partial charge >= 0.3 is 5.69 Å². The molecule has 89 heavy (non-hydrogen) atoms. The Balaban J connectivity index is 1.77. The smallest absolute Gasteiger partial charge is 0.340 e. The highest BCUT2D eigenvalue weighted by Gasteiger charge is 2.45. The van der Waals surface area contributed by atoms with Gasteiger partial charge in [0, 0.05) is 23.7 Å². The second-order valence-corrected chi connectivity index (χ2v) is 33.7. The first-order valence-electron chi connectivity index (χ1n) is 38.5. The molecule has 516 valence electrons. The summed E-state index contributed by atoms with van der Waals surface area (Å²) in [4.78, 5) is 43.9. The van der Waals surface area contributed by atoms with E-state index in [1.54, 1.807) is 25.3 Å². The van der Waals surface area contributed by atoms with E-state index >= 15 is 4.79 Å². The Morgan fingerprint density at radius 3 is 1.09 bits per heavy atom. The summed E-state index contributed by atoms with van der Waals surface area (Å²) >= 11 is 0. The van der Waals surface area contributed by atoms with Crippen molar-refractivity contribution >= 4 is 14.2 Å². The predicted molar refractivity (Wildman–Crippen MR) is 382 cm³/mol. The van der Waals surface area contributed by atoms with Gasteiger partial charge < -0.3 is 23.4 Å². The summed E-state index contributed by atoms with van der Waals surface area (Å²) in [5.74, 6) is 0.626. The number of carbonyl (C=O) groups excluding carboxylic acids is 1. The van der Waals surface area contributed by atoms with Crippen LogP contribution in [-0.2, 0) is 9.16 Å². The van der Waals surface area contributed by atoms with Gasteiger partial charge in [0.15, 0.2) is 19.8 Å². The van der Waals surface area contributed by atoms with Gasteiger partial charge in [-0.25, -0.2) is 4.79 Å². The molecule has 1 fully saturated rings. The van der Waals surface area contributed by atoms with E-state index in [1.165, 1.54) is 261 Å². The third-order valence-corrected chi connectivity index (χ3v) is 24.2. The molecule has 0 radical (unpaired) electrons. The first-order chi connectivity index (χ1) is 43.2. The standard InChI is InChI=1S/C78H142N2O8Si/c1-11-15-18-21-24-27-30-33-36-39-42-45-48-51-54-57-60-84-71-63-68(76(82)80-75(81)67(5)66-79(77(80)83)73-65-70(69(14-4)87-73)88-89(9,10)78(6,7)8)64-72(85-61-58-55-52-49-46-43-40-37-34-31-28-25-22-19-16-12-2)74(71)86-62-59-56-53-50-47-44-41-38-35-32-29-26-23-20-17-13-3/h63-64,66,69-70,73H,11-62,65H2,1-10H3/t69-,70?,73-/m1/s1. The Labute approximate surface area is 549 Å². The van der Waals surface area contributed by atoms with Gasteiger partial charge in [-0.05, 0) is 62.9 Å². The normalized spacial score (nSPS) is 15.4. The Morgan fingerprint density at radius 1 is 0.483 bits per heavy atom. The Bertz CT molecular complexity index is 2120. The molecule has 0 amide bonds. The number of aromatic nitrogens is 2. The molecule has 10 nitrogen and oxygen atoms in total. The molecule has 1 saturated heterocycles. The van der Waals surface area contributed by atoms with Crippen molar-refractivity contribution in [3.05, 3.63) is 50.3 Å². The minimum Gasteiger partial charge on any atom is -0.490 e. The lowest BCUT2D eigenvalue weighted by Crippen LogP contribution is -2.46. The van der Waals surface area contributed by atoms with Crippen molar-refractivity contribution in [3.63, 3.8) is 0 Å². The molecule has 3 rings (SSSR count). The molecule has 1 aromatic heterocycles. The van der Waals surface area contributed by atoms with Crippen LogP contribution in [0.3, 0.4) is 0 Å². The van der Waals surface area contributed by atoms with Crippen LogP contribution in [0.15, 0.2) is 27.9 Å². The quantitative estimate of drug-likeness (QED) is 0.0476. The SMILES string of the molecule is CCCCCCCCCCCCCCCCCCOc1cc(C(=O)n2c(=O)c(C)cn([C@H]3CC(O[Si](C)(C)C(C)(C)C)[C@@H](CC)O3)c2=O)cc(OCCCCCCCCCCCCCCCCCC)c1OCCCCCCCCCCCCCCCCCC. The van der Waals surface area contributed by atoms with Crippen LogP contribution in [0, 0.1) is 6.92 Å². The number of benzene rings is 1. The molecule has 3 atom stereocenters. The molecule has 0 bridgehead atoms. The molecular weight excluding hydrogens is 1120 g/mol. The lowest BCUT2D eigenvalue weighted by atomic mass is 10.0. The molecule has 0 spiro atoms. The third kappa shape index (κ3) is 34.7. The van der Waals surface area contributed by atoms with E-state index in [1.807, 2.05) is 0 Å². The highest BCUT2D eigenvalue weighted by molar-refractivity contribution is 6.74. The monoisotopic (exact) mass is 1260 g/mol. The van der Waals surface area contributed by atoms with E-state index in [9.17, 15) is 9.59 Å². The topological polar surface area (TPSA) is 107 Å². The Hall–Kier alpha value is -2.89. The zero-order chi connectivity index (χ0) is 64.6. The van der Waals surface area contributed by atoms with Crippen molar-refractivity contribution in [3.8, 4) is 17.2 Å². The van der Waals surface area contributed by atoms with Gasteiger partial charge in [0.25, 0.3) is 11.5 Å². The van der Waals surface area contributed by atoms with E-state index in [0.717, 1.165) is 55.9 Å². The predicted octanol–water partition coefficient (Wildman–Crippen LogP) is 24.0. The zero-order valence-electron chi connectivity index (χ0n) is 60.1. The number of ether oxygens (including phenoxy) is 4. The molecule has 1 aliphatic heterocycles. The molecule has 11 heteroatoms. The number of unbranched alkanes of at least 4 members (excludes halogenated alkanes) is 45. The molecule has 1 aromatic carbocycles. The summed E-state index contributed by atoms with van der Waals surface area (Å²) in [6.45, 7) is 23.1. The first kappa shape index (κ1) is 80.3. The van der Waals surface area contributed by atoms with E-state index < -0.39 is 31.7 Å². The van der Waals surface area contributed by atoms with Gasteiger partial charge in [-0.15, -0.1) is 0 Å². The largest absolute Gasteiger partial charge is 0.490 e. The maximum atomic E-state index is 15.0. The second kappa shape index (κ2) is 50.6. The third-order valence-electron chi connectivity index (χ3n) is 19.7. The number of hydrogen-bond acceptors (Lipinski definition) is 8. The van der Waals surface area contributed by atoms with Crippen molar-refractivity contribution in [2.45, 2.75) is 413 Å². The van der Waals surface area contributed by atoms with Crippen molar-refractivity contribution < 1.29 is 28.2 Å². The van der Waals surface area contributed by atoms with Gasteiger partial charge in [0.2, 0.25) is 5.75 Å². The lowest BCUT2D eigenvalue weighted by Gasteiger charge is -2.39. The van der Waals surface area contributed by atoms with Crippen LogP contribution >= 0.6 is 0 Å². The molecule has 1 unspecified atom stereocenters. The summed E-state index contributed by atoms with van der Waals surface area (Å²) in [5.41, 5.74) is -0.945. The van der Waals surface area contributed by atoms with E-state index in [4.69, 9.17) is 23.4 Å². The summed E-state index contributed by atoms with van der Waals surface area (Å²) in [6, 6.07) is 3.36. The van der Waals surface area contributed by atoms with Gasteiger partial charge in [0.05, 0.1) is 32.0 Å². The highest BCUT2D eigenvalue weighted by Crippen LogP contribution is 2.42. The Kier molecular flexibility index (Phi) is 45.7. The van der Waals surface area contributed by atoms with E-state index in [-0.39, 0.29) is 28.4 Å². The van der Waals surface area contributed by atoms with Gasteiger partial charge in [-0.3, -0.25) is 14.2 Å². The van der Waals surface area contributed by atoms with Gasteiger partial charge in [0.1, 0.15) is 6.23 Å². The minimum absolute atomic E-state index is 0.00874. The van der Waals surface area contributed by atoms with Crippen LogP contribution in [0.25, 0.3) is 0 Å². The molecule has 2 aromatic rings. The average Bonchev–Trinajstić information content (AvgIpc) is 1.90. The van der Waals surface area contributed by atoms with Crippen molar-refractivity contribution in [1.82, 2.24) is 9.13 Å². The van der Waals surface area contributed by atoms with E-state index in [2.05, 4.69) is 61.6 Å². The fourth-order valence-corrected chi connectivity index (χ4v) is 14.0. The number of carbonyl (C=O) groups is 1. The molecule has 2 heterocycles. The maximum Gasteiger partial charge on any atom is 0.340 e.